The molecule has 0 aromatic heterocycles. The monoisotopic (exact) mass is 274 g/mol. The van der Waals surface area contributed by atoms with Crippen LogP contribution in [-0.4, -0.2) is 41.6 Å². The van der Waals surface area contributed by atoms with Gasteiger partial charge in [-0.05, 0) is 50.3 Å². The van der Waals surface area contributed by atoms with E-state index >= 15 is 0 Å². The van der Waals surface area contributed by atoms with Gasteiger partial charge in [-0.25, -0.2) is 0 Å². The first kappa shape index (κ1) is 13.4. The minimum atomic E-state index is -0.0322. The molecule has 0 bridgehead atoms. The number of rotatable bonds is 1. The lowest BCUT2D eigenvalue weighted by Gasteiger charge is -2.41. The molecule has 2 saturated heterocycles. The zero-order chi connectivity index (χ0) is 14.1. The molecule has 108 valence electrons. The van der Waals surface area contributed by atoms with Crippen LogP contribution < -0.4 is 5.32 Å². The summed E-state index contributed by atoms with van der Waals surface area (Å²) >= 11 is 0. The van der Waals surface area contributed by atoms with Crippen molar-refractivity contribution in [1.29, 1.82) is 0 Å². The Hall–Kier alpha value is -1.55. The number of piperidine rings is 2. The fourth-order valence-corrected chi connectivity index (χ4v) is 3.43. The summed E-state index contributed by atoms with van der Waals surface area (Å²) < 4.78 is 0. The van der Waals surface area contributed by atoms with Crippen molar-refractivity contribution in [3.05, 3.63) is 29.3 Å². The number of phenols is 1. The molecule has 4 heteroatoms. The number of fused-ring (bicyclic) bond motifs is 1. The van der Waals surface area contributed by atoms with E-state index in [0.29, 0.717) is 17.5 Å². The number of amides is 1. The first-order valence-corrected chi connectivity index (χ1v) is 7.48. The standard InChI is InChI=1S/C16H22N2O2/c1-11-4-2-6-13(15(11)19)16(20)18-9-7-14-12(10-18)5-3-8-17-14/h2,4,6,12,14,17,19H,3,5,7-10H2,1H3/t12-,14+/m1/s1. The maximum Gasteiger partial charge on any atom is 0.257 e. The van der Waals surface area contributed by atoms with Crippen molar-refractivity contribution in [2.24, 2.45) is 5.92 Å². The fourth-order valence-electron chi connectivity index (χ4n) is 3.43. The van der Waals surface area contributed by atoms with Gasteiger partial charge in [-0.2, -0.15) is 0 Å². The number of aromatic hydroxyl groups is 1. The number of hydrogen-bond acceptors (Lipinski definition) is 3. The molecule has 2 aliphatic heterocycles. The number of para-hydroxylation sites is 1. The first-order chi connectivity index (χ1) is 9.66. The van der Waals surface area contributed by atoms with Crippen LogP contribution >= 0.6 is 0 Å². The molecule has 0 spiro atoms. The van der Waals surface area contributed by atoms with E-state index in [2.05, 4.69) is 5.32 Å². The summed E-state index contributed by atoms with van der Waals surface area (Å²) in [5, 5.41) is 13.6. The molecule has 2 N–H and O–H groups in total. The van der Waals surface area contributed by atoms with Crippen molar-refractivity contribution in [3.8, 4) is 5.75 Å². The van der Waals surface area contributed by atoms with E-state index in [0.717, 1.165) is 31.6 Å². The number of aryl methyl sites for hydroxylation is 1. The first-order valence-electron chi connectivity index (χ1n) is 7.48. The Balaban J connectivity index is 1.76. The summed E-state index contributed by atoms with van der Waals surface area (Å²) in [6, 6.07) is 5.94. The third-order valence-corrected chi connectivity index (χ3v) is 4.65. The summed E-state index contributed by atoms with van der Waals surface area (Å²) in [7, 11) is 0. The minimum Gasteiger partial charge on any atom is -0.507 e. The lowest BCUT2D eigenvalue weighted by Crippen LogP contribution is -2.53. The predicted molar refractivity (Wildman–Crippen MR) is 77.9 cm³/mol. The SMILES string of the molecule is Cc1cccc(C(=O)N2CC[C@@H]3NCCC[C@@H]3C2)c1O. The molecule has 1 aromatic carbocycles. The fraction of sp³-hybridized carbons (Fsp3) is 0.562. The molecule has 4 nitrogen and oxygen atoms in total. The molecule has 2 fully saturated rings. The normalized spacial score (nSPS) is 26.1. The average Bonchev–Trinajstić information content (AvgIpc) is 2.49. The van der Waals surface area contributed by atoms with E-state index in [1.807, 2.05) is 24.0 Å². The Morgan fingerprint density at radius 2 is 2.25 bits per heavy atom. The molecule has 2 atom stereocenters. The Kier molecular flexibility index (Phi) is 3.66. The smallest absolute Gasteiger partial charge is 0.257 e. The highest BCUT2D eigenvalue weighted by Crippen LogP contribution is 2.28. The van der Waals surface area contributed by atoms with Crippen LogP contribution in [0.25, 0.3) is 0 Å². The van der Waals surface area contributed by atoms with Gasteiger partial charge in [0.15, 0.2) is 0 Å². The van der Waals surface area contributed by atoms with Crippen molar-refractivity contribution in [2.75, 3.05) is 19.6 Å². The van der Waals surface area contributed by atoms with Crippen LogP contribution in [0, 0.1) is 12.8 Å². The number of nitrogens with zero attached hydrogens (tertiary/aromatic N) is 1. The molecule has 0 radical (unpaired) electrons. The van der Waals surface area contributed by atoms with Gasteiger partial charge in [-0.1, -0.05) is 12.1 Å². The summed E-state index contributed by atoms with van der Waals surface area (Å²) in [6.07, 6.45) is 3.41. The van der Waals surface area contributed by atoms with Crippen LogP contribution in [-0.2, 0) is 0 Å². The van der Waals surface area contributed by atoms with Gasteiger partial charge < -0.3 is 15.3 Å². The largest absolute Gasteiger partial charge is 0.507 e. The van der Waals surface area contributed by atoms with Gasteiger partial charge in [0.2, 0.25) is 0 Å². The zero-order valence-electron chi connectivity index (χ0n) is 11.9. The van der Waals surface area contributed by atoms with E-state index in [1.165, 1.54) is 12.8 Å². The molecule has 1 amide bonds. The number of hydrogen-bond donors (Lipinski definition) is 2. The van der Waals surface area contributed by atoms with Crippen molar-refractivity contribution in [2.45, 2.75) is 32.2 Å². The van der Waals surface area contributed by atoms with E-state index in [-0.39, 0.29) is 11.7 Å². The van der Waals surface area contributed by atoms with Crippen molar-refractivity contribution in [1.82, 2.24) is 10.2 Å². The van der Waals surface area contributed by atoms with E-state index in [1.54, 1.807) is 6.07 Å². The van der Waals surface area contributed by atoms with Crippen LogP contribution in [0.4, 0.5) is 0 Å². The molecule has 1 aromatic rings. The van der Waals surface area contributed by atoms with Gasteiger partial charge in [0.1, 0.15) is 5.75 Å². The molecular weight excluding hydrogens is 252 g/mol. The third kappa shape index (κ3) is 2.40. The number of nitrogens with one attached hydrogen (secondary N) is 1. The van der Waals surface area contributed by atoms with Crippen molar-refractivity contribution < 1.29 is 9.90 Å². The second kappa shape index (κ2) is 5.44. The van der Waals surface area contributed by atoms with Crippen LogP contribution in [0.1, 0.15) is 35.2 Å². The molecule has 0 aliphatic carbocycles. The van der Waals surface area contributed by atoms with Crippen LogP contribution in [0.3, 0.4) is 0 Å². The molecule has 0 unspecified atom stereocenters. The Morgan fingerprint density at radius 1 is 1.40 bits per heavy atom. The highest BCUT2D eigenvalue weighted by Gasteiger charge is 2.33. The van der Waals surface area contributed by atoms with Gasteiger partial charge in [0.25, 0.3) is 5.91 Å². The molecular formula is C16H22N2O2. The van der Waals surface area contributed by atoms with Crippen LogP contribution in [0.2, 0.25) is 0 Å². The number of carbonyl (C=O) groups is 1. The van der Waals surface area contributed by atoms with Gasteiger partial charge >= 0.3 is 0 Å². The second-order valence-corrected chi connectivity index (χ2v) is 5.97. The highest BCUT2D eigenvalue weighted by atomic mass is 16.3. The zero-order valence-corrected chi connectivity index (χ0v) is 11.9. The number of carbonyl (C=O) groups excluding carboxylic acids is 1. The van der Waals surface area contributed by atoms with E-state index < -0.39 is 0 Å². The topological polar surface area (TPSA) is 52.6 Å². The van der Waals surface area contributed by atoms with E-state index in [4.69, 9.17) is 0 Å². The summed E-state index contributed by atoms with van der Waals surface area (Å²) in [5.41, 5.74) is 1.19. The van der Waals surface area contributed by atoms with Crippen LogP contribution in [0.5, 0.6) is 5.75 Å². The lowest BCUT2D eigenvalue weighted by atomic mass is 9.85. The van der Waals surface area contributed by atoms with Gasteiger partial charge in [0.05, 0.1) is 5.56 Å². The van der Waals surface area contributed by atoms with Crippen LogP contribution in [0.15, 0.2) is 18.2 Å². The molecule has 20 heavy (non-hydrogen) atoms. The van der Waals surface area contributed by atoms with Crippen molar-refractivity contribution >= 4 is 5.91 Å². The summed E-state index contributed by atoms with van der Waals surface area (Å²) in [6.45, 7) is 4.52. The third-order valence-electron chi connectivity index (χ3n) is 4.65. The molecule has 2 aliphatic rings. The second-order valence-electron chi connectivity index (χ2n) is 5.97. The number of likely N-dealkylation sites (tertiary alicyclic amines) is 1. The van der Waals surface area contributed by atoms with Gasteiger partial charge in [-0.3, -0.25) is 4.79 Å². The summed E-state index contributed by atoms with van der Waals surface area (Å²) in [5.74, 6) is 0.657. The lowest BCUT2D eigenvalue weighted by molar-refractivity contribution is 0.0590. The van der Waals surface area contributed by atoms with Gasteiger partial charge in [0, 0.05) is 19.1 Å². The Labute approximate surface area is 119 Å². The predicted octanol–water partition coefficient (Wildman–Crippen LogP) is 1.91. The molecule has 0 saturated carbocycles. The average molecular weight is 274 g/mol. The summed E-state index contributed by atoms with van der Waals surface area (Å²) in [4.78, 5) is 14.5. The number of phenolic OH excluding ortho intramolecular Hbond substituents is 1. The van der Waals surface area contributed by atoms with Crippen molar-refractivity contribution in [3.63, 3.8) is 0 Å². The maximum atomic E-state index is 12.6. The Bertz CT molecular complexity index is 515. The Morgan fingerprint density at radius 3 is 3.10 bits per heavy atom. The number of benzene rings is 1. The molecule has 2 heterocycles. The minimum absolute atomic E-state index is 0.0322. The maximum absolute atomic E-state index is 12.6. The highest BCUT2D eigenvalue weighted by molar-refractivity contribution is 5.97. The quantitative estimate of drug-likeness (QED) is 0.822. The van der Waals surface area contributed by atoms with E-state index in [9.17, 15) is 9.90 Å². The molecule has 3 rings (SSSR count). The van der Waals surface area contributed by atoms with Gasteiger partial charge in [-0.15, -0.1) is 0 Å².